The zero-order chi connectivity index (χ0) is 17.2. The number of ether oxygens (including phenoxy) is 1. The third-order valence-corrected chi connectivity index (χ3v) is 1.01. The van der Waals surface area contributed by atoms with Gasteiger partial charge in [-0.3, -0.25) is 0 Å². The fraction of sp³-hybridized carbons (Fsp3) is 0.833. The highest BCUT2D eigenvalue weighted by molar-refractivity contribution is 8.44. The van der Waals surface area contributed by atoms with Gasteiger partial charge >= 0.3 is 19.7 Å². The van der Waals surface area contributed by atoms with Gasteiger partial charge in [0.15, 0.2) is 0 Å². The van der Waals surface area contributed by atoms with Crippen LogP contribution in [0.1, 0.15) is 0 Å². The molecule has 0 aliphatic heterocycles. The van der Waals surface area contributed by atoms with E-state index in [0.717, 1.165) is 11.0 Å². The Balaban J connectivity index is -0.000000112. The third kappa shape index (κ3) is 124. The van der Waals surface area contributed by atoms with Crippen molar-refractivity contribution in [1.82, 2.24) is 0 Å². The molecule has 6 N–H and O–H groups in total. The van der Waals surface area contributed by atoms with E-state index in [9.17, 15) is 13.9 Å². The molecule has 0 fully saturated rings. The van der Waals surface area contributed by atoms with Crippen molar-refractivity contribution in [3.63, 3.8) is 0 Å². The number of thiol groups is 2. The summed E-state index contributed by atoms with van der Waals surface area (Å²) in [6.45, 7) is -6.72. The van der Waals surface area contributed by atoms with Crippen LogP contribution < -0.4 is 18.1 Å². The minimum Gasteiger partial charge on any atom is -1.00 e. The van der Waals surface area contributed by atoms with Gasteiger partial charge in [-0.15, -0.1) is 0 Å². The maximum absolute atomic E-state index is 10.1. The molecular weight excluding hydrogens is 390 g/mol. The van der Waals surface area contributed by atoms with E-state index in [1.54, 1.807) is 0 Å². The lowest BCUT2D eigenvalue weighted by Gasteiger charge is -2.22. The molecule has 0 atom stereocenters. The Morgan fingerprint density at radius 3 is 1.48 bits per heavy atom. The van der Waals surface area contributed by atoms with E-state index in [0.29, 0.717) is 6.61 Å². The minimum absolute atomic E-state index is 0. The summed E-state index contributed by atoms with van der Waals surface area (Å²) in [6, 6.07) is 0. The van der Waals surface area contributed by atoms with Gasteiger partial charge < -0.3 is 46.9 Å². The predicted octanol–water partition coefficient (Wildman–Crippen LogP) is -3.19. The first-order chi connectivity index (χ1) is 8.42. The lowest BCUT2D eigenvalue weighted by Crippen LogP contribution is -3.00. The Morgan fingerprint density at radius 2 is 1.33 bits per heavy atom. The van der Waals surface area contributed by atoms with Crippen LogP contribution in [0.15, 0.2) is 0 Å². The number of nitrogens with two attached hydrogens (primary N) is 1. The van der Waals surface area contributed by atoms with Crippen molar-refractivity contribution in [3.05, 3.63) is 0 Å². The highest BCUT2D eigenvalue weighted by atomic mass is 35.5. The summed E-state index contributed by atoms with van der Waals surface area (Å²) in [6.07, 6.45) is -0.701. The second kappa shape index (κ2) is 13.0. The molecule has 0 aromatic rings. The monoisotopic (exact) mass is 410 g/mol. The highest BCUT2D eigenvalue weighted by Crippen LogP contribution is 2.39. The molecular formula is C6H21ClN2O8P2S2. The summed E-state index contributed by atoms with van der Waals surface area (Å²) in [7, 11) is 6.05. The molecule has 0 bridgehead atoms. The average molecular weight is 411 g/mol. The topological polar surface area (TPSA) is 167 Å². The number of hydrogen-bond acceptors (Lipinski definition) is 4. The quantitative estimate of drug-likeness (QED) is 0.145. The van der Waals surface area contributed by atoms with Gasteiger partial charge in [-0.25, -0.2) is 13.9 Å². The number of primary amides is 1. The molecule has 10 nitrogen and oxygen atoms in total. The number of rotatable bonds is 3. The maximum atomic E-state index is 10.1. The summed E-state index contributed by atoms with van der Waals surface area (Å²) in [5, 5.41) is 0. The first kappa shape index (κ1) is 29.5. The van der Waals surface area contributed by atoms with E-state index in [1.165, 1.54) is 0 Å². The van der Waals surface area contributed by atoms with Gasteiger partial charge in [-0.05, 0) is 0 Å². The van der Waals surface area contributed by atoms with Crippen LogP contribution in [0.5, 0.6) is 0 Å². The summed E-state index contributed by atoms with van der Waals surface area (Å²) < 4.78 is 23.7. The Hall–Kier alpha value is 0.520. The van der Waals surface area contributed by atoms with Crippen LogP contribution in [-0.2, 0) is 13.9 Å². The van der Waals surface area contributed by atoms with E-state index in [-0.39, 0.29) is 12.4 Å². The van der Waals surface area contributed by atoms with Gasteiger partial charge in [-0.1, -0.05) is 24.5 Å². The number of nitrogens with zero attached hydrogens (tertiary/aromatic N) is 1. The third-order valence-electron chi connectivity index (χ3n) is 1.01. The fourth-order valence-electron chi connectivity index (χ4n) is 0.420. The predicted molar refractivity (Wildman–Crippen MR) is 80.5 cm³/mol. The molecule has 0 unspecified atom stereocenters. The number of carbonyl (C=O) groups excluding carboxylic acids is 1. The van der Waals surface area contributed by atoms with Gasteiger partial charge in [0.1, 0.15) is 13.2 Å². The molecule has 21 heavy (non-hydrogen) atoms. The zero-order valence-electron chi connectivity index (χ0n) is 11.5. The molecule has 0 saturated carbocycles. The molecule has 1 amide bonds. The number of hydrogen-bond donors (Lipinski definition) is 7. The minimum atomic E-state index is -3.94. The van der Waals surface area contributed by atoms with Gasteiger partial charge in [-0.2, -0.15) is 0 Å². The summed E-state index contributed by atoms with van der Waals surface area (Å²) in [4.78, 5) is 40.1. The van der Waals surface area contributed by atoms with Crippen LogP contribution in [0.3, 0.4) is 0 Å². The fourth-order valence-corrected chi connectivity index (χ4v) is 0.420. The summed E-state index contributed by atoms with van der Waals surface area (Å²) >= 11 is 5.58. The lowest BCUT2D eigenvalue weighted by atomic mass is 10.5. The molecule has 0 saturated heterocycles. The Kier molecular flexibility index (Phi) is 18.3. The second-order valence-electron chi connectivity index (χ2n) is 4.21. The normalized spacial score (nSPS) is 10.9. The summed E-state index contributed by atoms with van der Waals surface area (Å²) in [5.41, 5.74) is 4.75. The molecule has 0 aliphatic rings. The van der Waals surface area contributed by atoms with Gasteiger partial charge in [0.05, 0.1) is 21.1 Å². The Morgan fingerprint density at radius 1 is 1.10 bits per heavy atom. The van der Waals surface area contributed by atoms with Crippen molar-refractivity contribution in [3.8, 4) is 0 Å². The first-order valence-electron chi connectivity index (χ1n) is 4.71. The van der Waals surface area contributed by atoms with Crippen LogP contribution in [0.2, 0.25) is 0 Å². The van der Waals surface area contributed by atoms with Crippen LogP contribution in [0.25, 0.3) is 0 Å². The smallest absolute Gasteiger partial charge is 0.404 e. The van der Waals surface area contributed by atoms with Gasteiger partial charge in [0, 0.05) is 0 Å². The molecule has 0 radical (unpaired) electrons. The van der Waals surface area contributed by atoms with Crippen molar-refractivity contribution >= 4 is 44.2 Å². The Labute approximate surface area is 139 Å². The van der Waals surface area contributed by atoms with Crippen molar-refractivity contribution < 1.29 is 55.1 Å². The zero-order valence-corrected chi connectivity index (χ0v) is 15.9. The van der Waals surface area contributed by atoms with Crippen molar-refractivity contribution in [2.24, 2.45) is 5.73 Å². The molecule has 0 aromatic carbocycles. The number of halogens is 1. The van der Waals surface area contributed by atoms with Gasteiger partial charge in [0.2, 0.25) is 0 Å². The number of likely N-dealkylation sites (N-methyl/N-ethyl adjacent to an activating group) is 1. The number of carbonyl (C=O) groups is 1. The molecule has 0 aromatic heterocycles. The number of amides is 1. The van der Waals surface area contributed by atoms with Crippen molar-refractivity contribution in [2.75, 3.05) is 34.3 Å². The second-order valence-corrected chi connectivity index (χ2v) is 9.39. The van der Waals surface area contributed by atoms with Crippen molar-refractivity contribution in [1.29, 1.82) is 0 Å². The molecule has 0 spiro atoms. The van der Waals surface area contributed by atoms with E-state index < -0.39 is 19.7 Å². The lowest BCUT2D eigenvalue weighted by molar-refractivity contribution is -0.870. The highest BCUT2D eigenvalue weighted by Gasteiger charge is 2.06. The van der Waals surface area contributed by atoms with Crippen molar-refractivity contribution in [2.45, 2.75) is 0 Å². The molecule has 0 aliphatic carbocycles. The van der Waals surface area contributed by atoms with Gasteiger partial charge in [0.25, 0.3) is 0 Å². The number of quaternary nitrogens is 1. The largest absolute Gasteiger partial charge is 1.00 e. The van der Waals surface area contributed by atoms with Crippen LogP contribution in [-0.4, -0.2) is 64.4 Å². The van der Waals surface area contributed by atoms with E-state index >= 15 is 0 Å². The maximum Gasteiger partial charge on any atom is 0.404 e. The standard InChI is InChI=1S/C6H14N2O2.ClH.2H3O3PS/c1-8(2,3)4-5-10-6(7)9;;2*1-4(2,3)5/h4-5H2,1-3H3,(H-,7,9);1H;2*(H3,1,2,3,5). The van der Waals surface area contributed by atoms with Crippen LogP contribution in [0, 0.1) is 0 Å². The van der Waals surface area contributed by atoms with E-state index in [1.807, 2.05) is 21.1 Å². The molecule has 0 rings (SSSR count). The molecule has 15 heteroatoms. The van der Waals surface area contributed by atoms with Crippen LogP contribution in [0.4, 0.5) is 4.79 Å². The Bertz CT molecular complexity index is 332. The molecule has 0 heterocycles. The van der Waals surface area contributed by atoms with E-state index in [4.69, 9.17) is 25.3 Å². The van der Waals surface area contributed by atoms with E-state index in [2.05, 4.69) is 29.2 Å². The van der Waals surface area contributed by atoms with Crippen LogP contribution >= 0.6 is 38.1 Å². The summed E-state index contributed by atoms with van der Waals surface area (Å²) in [5.74, 6) is 0. The first-order valence-corrected chi connectivity index (χ1v) is 10.2. The average Bonchev–Trinajstić information content (AvgIpc) is 1.92. The SMILES string of the molecule is C[N+](C)(C)CCOC(N)=O.O=P(O)(O)S.O=P(O)(O)S.[Cl-]. The molecule has 132 valence electrons.